The smallest absolute Gasteiger partial charge is 0.462 e. The van der Waals surface area contributed by atoms with Crippen molar-refractivity contribution in [2.45, 2.75) is 155 Å². The fourth-order valence-electron chi connectivity index (χ4n) is 12.0. The normalized spacial score (nSPS) is 11.3. The summed E-state index contributed by atoms with van der Waals surface area (Å²) >= 11 is 3.45. The molecule has 34 nitrogen and oxygen atoms in total. The summed E-state index contributed by atoms with van der Waals surface area (Å²) in [5, 5.41) is 23.4. The Kier molecular flexibility index (Phi) is 30.6. The van der Waals surface area contributed by atoms with Gasteiger partial charge in [-0.25, -0.2) is 94.5 Å². The van der Waals surface area contributed by atoms with Gasteiger partial charge in [-0.15, -0.1) is 0 Å². The van der Waals surface area contributed by atoms with Crippen LogP contribution >= 0.6 is 15.9 Å². The number of hydrogen-bond acceptors (Lipinski definition) is 27. The van der Waals surface area contributed by atoms with Gasteiger partial charge in [0.25, 0.3) is 0 Å². The van der Waals surface area contributed by atoms with E-state index in [0.29, 0.717) is 98.5 Å². The molecular formula is C79H88BrF5N18O16S. The van der Waals surface area contributed by atoms with E-state index in [1.807, 2.05) is 75.4 Å². The lowest BCUT2D eigenvalue weighted by atomic mass is 10.00. The first-order chi connectivity index (χ1) is 56.6. The monoisotopic (exact) mass is 1750 g/mol. The lowest BCUT2D eigenvalue weighted by Crippen LogP contribution is -2.29. The Balaban J connectivity index is 0.000000181. The SMILES string of the molecule is C=C(C)c1c(C(=O)OCC)cnn2cc(C)nc12.CCOC(=O)c1c[nH]n2cc(C)nc2c1=O.CCOC(=O)c1cnn2c(-c3cc(F)cc(F)c3)c(C)nc2c1C(C)C.CCOC(=O)c1cnn2c(Br)c(C)nc2c1C(C)C.CCOC(=O)c1cnn2cc(C)nc2c1C(C)C.CCOC(=O)c1cnn2cc(C)nc2c1OS(=O)(=O)C(F)(F)F. The number of alkyl halides is 3. The molecule has 13 aromatic rings. The minimum absolute atomic E-state index is 0.0278. The molecule has 0 fully saturated rings. The highest BCUT2D eigenvalue weighted by atomic mass is 79.9. The topological polar surface area (TPSA) is 402 Å². The molecule has 41 heteroatoms. The molecule has 12 heterocycles. The van der Waals surface area contributed by atoms with E-state index in [9.17, 15) is 63.9 Å². The summed E-state index contributed by atoms with van der Waals surface area (Å²) < 4.78 is 131. The van der Waals surface area contributed by atoms with Crippen LogP contribution in [-0.4, -0.2) is 177 Å². The quantitative estimate of drug-likeness (QED) is 0.0258. The molecule has 0 aliphatic rings. The van der Waals surface area contributed by atoms with E-state index in [4.69, 9.17) is 23.7 Å². The molecule has 13 rings (SSSR count). The van der Waals surface area contributed by atoms with Crippen molar-refractivity contribution < 1.29 is 91.7 Å². The van der Waals surface area contributed by atoms with E-state index in [1.165, 1.54) is 59.8 Å². The van der Waals surface area contributed by atoms with Crippen LogP contribution in [0, 0.1) is 53.2 Å². The van der Waals surface area contributed by atoms with Gasteiger partial charge in [0.05, 0.1) is 158 Å². The van der Waals surface area contributed by atoms with Crippen molar-refractivity contribution in [2.75, 3.05) is 39.6 Å². The third kappa shape index (κ3) is 21.0. The van der Waals surface area contributed by atoms with Gasteiger partial charge in [-0.2, -0.15) is 47.1 Å². The number of rotatable bonds is 19. The fourth-order valence-corrected chi connectivity index (χ4v) is 12.8. The molecule has 0 atom stereocenters. The fraction of sp³-hybridized carbons (Fsp3) is 0.367. The number of allylic oxidation sites excluding steroid dienone is 1. The Morgan fingerprint density at radius 1 is 0.475 bits per heavy atom. The molecule has 1 aromatic carbocycles. The number of ether oxygens (including phenoxy) is 6. The van der Waals surface area contributed by atoms with Gasteiger partial charge >= 0.3 is 51.4 Å². The van der Waals surface area contributed by atoms with Crippen LogP contribution in [0.3, 0.4) is 0 Å². The third-order valence-corrected chi connectivity index (χ3v) is 18.7. The summed E-state index contributed by atoms with van der Waals surface area (Å²) in [4.78, 5) is 109. The predicted octanol–water partition coefficient (Wildman–Crippen LogP) is 13.9. The van der Waals surface area contributed by atoms with Crippen molar-refractivity contribution in [3.05, 3.63) is 203 Å². The molecule has 12 aromatic heterocycles. The van der Waals surface area contributed by atoms with Crippen LogP contribution < -0.4 is 9.61 Å². The maximum Gasteiger partial charge on any atom is 0.534 e. The van der Waals surface area contributed by atoms with Crippen molar-refractivity contribution in [1.29, 1.82) is 0 Å². The molecule has 638 valence electrons. The van der Waals surface area contributed by atoms with Crippen molar-refractivity contribution >= 4 is 101 Å². The Hall–Kier alpha value is -12.8. The number of carbonyl (C=O) groups is 6. The highest BCUT2D eigenvalue weighted by Gasteiger charge is 2.49. The predicted molar refractivity (Wildman–Crippen MR) is 431 cm³/mol. The second kappa shape index (κ2) is 39.6. The van der Waals surface area contributed by atoms with E-state index < -0.39 is 67.9 Å². The van der Waals surface area contributed by atoms with E-state index in [2.05, 4.69) is 91.9 Å². The molecular weight excluding hydrogens is 1660 g/mol. The molecule has 0 radical (unpaired) electrons. The number of benzene rings is 1. The van der Waals surface area contributed by atoms with Crippen LogP contribution in [0.1, 0.15) is 226 Å². The van der Waals surface area contributed by atoms with E-state index in [0.717, 1.165) is 60.8 Å². The van der Waals surface area contributed by atoms with Gasteiger partial charge in [-0.05, 0) is 141 Å². The third-order valence-electron chi connectivity index (χ3n) is 16.9. The van der Waals surface area contributed by atoms with Crippen LogP contribution in [-0.2, 0) is 38.5 Å². The zero-order valence-electron chi connectivity index (χ0n) is 69.0. The van der Waals surface area contributed by atoms with Gasteiger partial charge in [-0.3, -0.25) is 9.89 Å². The second-order valence-corrected chi connectivity index (χ2v) is 29.3. The molecule has 0 spiro atoms. The number of carbonyl (C=O) groups excluding carboxylic acids is 6. The highest BCUT2D eigenvalue weighted by molar-refractivity contribution is 9.10. The molecule has 1 N–H and O–H groups in total. The Morgan fingerprint density at radius 3 is 1.29 bits per heavy atom. The highest BCUT2D eigenvalue weighted by Crippen LogP contribution is 2.35. The number of fused-ring (bicyclic) bond motifs is 6. The lowest BCUT2D eigenvalue weighted by molar-refractivity contribution is -0.0500. The number of imidazole rings is 6. The summed E-state index contributed by atoms with van der Waals surface area (Å²) in [5.41, 5.74) is 6.26. The molecule has 0 bridgehead atoms. The molecule has 0 saturated carbocycles. The van der Waals surface area contributed by atoms with E-state index in [-0.39, 0.29) is 66.4 Å². The number of nitrogens with one attached hydrogen (secondary N) is 1. The zero-order chi connectivity index (χ0) is 88.9. The second-order valence-electron chi connectivity index (χ2n) is 27.0. The first-order valence-corrected chi connectivity index (χ1v) is 39.5. The molecule has 0 aliphatic carbocycles. The van der Waals surface area contributed by atoms with Gasteiger partial charge in [0.15, 0.2) is 28.2 Å². The van der Waals surface area contributed by atoms with Crippen molar-refractivity contribution in [3.63, 3.8) is 0 Å². The van der Waals surface area contributed by atoms with Crippen LogP contribution in [0.5, 0.6) is 5.75 Å². The number of hydrogen-bond donors (Lipinski definition) is 1. The average Bonchev–Trinajstić information content (AvgIpc) is 1.65. The summed E-state index contributed by atoms with van der Waals surface area (Å²) in [5.74, 6) is -5.23. The van der Waals surface area contributed by atoms with E-state index in [1.54, 1.807) is 86.8 Å². The van der Waals surface area contributed by atoms with Gasteiger partial charge < -0.3 is 32.6 Å². The van der Waals surface area contributed by atoms with Crippen LogP contribution in [0.15, 0.2) is 96.1 Å². The van der Waals surface area contributed by atoms with Crippen molar-refractivity contribution in [3.8, 4) is 17.0 Å². The van der Waals surface area contributed by atoms with Crippen LogP contribution in [0.4, 0.5) is 22.0 Å². The number of H-pyrrole nitrogens is 1. The molecule has 0 saturated heterocycles. The minimum Gasteiger partial charge on any atom is -0.462 e. The largest absolute Gasteiger partial charge is 0.534 e. The standard InChI is InChI=1S/C19H19F2N3O2.C13H16BrN3O2.C13H17N3O2.C13H15N3O2.C11H10F3N3O5S.C10H11N3O3/c1-5-26-19(25)15-9-22-24-17(12-6-13(20)8-14(21)7-12)11(4)23-18(24)16(15)10(2)3;1-5-19-13(18)9-6-15-17-11(14)8(4)16-12(17)10(9)7(2)3;2*1-5-18-13(17)10-6-14-16-7-9(4)15-12(16)11(10)8(2)3;1-3-21-10(18)7-4-15-17-5-6(2)16-9(17)8(7)22-23(19,20)11(12,13)14;1-3-16-10(15)7-4-11-13-5-6(2)12-9(13)8(7)14/h6-10H,5H2,1-4H3;6-7H,5H2,1-4H3;6-8H,5H2,1-4H3;6-7H,2,5H2,1,3-4H3;4-5H,3H2,1-2H3;4-5,11H,3H2,1-2H3. The summed E-state index contributed by atoms with van der Waals surface area (Å²) in [6.07, 6.45) is 14.8. The lowest BCUT2D eigenvalue weighted by Gasteiger charge is -2.13. The summed E-state index contributed by atoms with van der Waals surface area (Å²) in [6, 6.07) is 3.28. The number of aromatic nitrogens is 18. The first-order valence-electron chi connectivity index (χ1n) is 37.3. The Bertz CT molecular complexity index is 6200. The number of halogens is 6. The van der Waals surface area contributed by atoms with Crippen LogP contribution in [0.25, 0.3) is 50.7 Å². The molecule has 0 unspecified atom stereocenters. The van der Waals surface area contributed by atoms with Gasteiger partial charge in [-0.1, -0.05) is 48.1 Å². The molecule has 120 heavy (non-hydrogen) atoms. The van der Waals surface area contributed by atoms with Crippen molar-refractivity contribution in [2.24, 2.45) is 0 Å². The molecule has 0 aliphatic heterocycles. The first kappa shape index (κ1) is 92.7. The van der Waals surface area contributed by atoms with Crippen molar-refractivity contribution in [1.82, 2.24) is 87.6 Å². The van der Waals surface area contributed by atoms with Gasteiger partial charge in [0.2, 0.25) is 16.8 Å². The summed E-state index contributed by atoms with van der Waals surface area (Å²) in [7, 11) is -5.99. The number of aryl methyl sites for hydroxylation is 6. The maximum absolute atomic E-state index is 13.7. The zero-order valence-corrected chi connectivity index (χ0v) is 71.4. The van der Waals surface area contributed by atoms with Gasteiger partial charge in [0.1, 0.15) is 27.4 Å². The number of esters is 6. The minimum atomic E-state index is -5.99. The number of nitrogens with zero attached hydrogens (tertiary/aromatic N) is 17. The van der Waals surface area contributed by atoms with E-state index >= 15 is 0 Å². The number of aromatic amines is 1. The maximum atomic E-state index is 13.7. The Labute approximate surface area is 691 Å². The average molecular weight is 1750 g/mol. The van der Waals surface area contributed by atoms with Gasteiger partial charge in [0, 0.05) is 40.1 Å². The molecule has 0 amide bonds. The van der Waals surface area contributed by atoms with Crippen LogP contribution in [0.2, 0.25) is 0 Å². The Morgan fingerprint density at radius 2 is 0.833 bits per heavy atom. The summed E-state index contributed by atoms with van der Waals surface area (Å²) in [6.45, 7) is 40.1.